The van der Waals surface area contributed by atoms with E-state index in [1.807, 2.05) is 0 Å². The van der Waals surface area contributed by atoms with Crippen LogP contribution in [0, 0.1) is 0 Å². The molecule has 1 aromatic heterocycles. The van der Waals surface area contributed by atoms with Crippen molar-refractivity contribution in [3.63, 3.8) is 0 Å². The Morgan fingerprint density at radius 2 is 2.35 bits per heavy atom. The van der Waals surface area contributed by atoms with Gasteiger partial charge in [0, 0.05) is 18.6 Å². The number of aromatic nitrogens is 2. The van der Waals surface area contributed by atoms with Crippen LogP contribution in [0.3, 0.4) is 0 Å². The Hall–Kier alpha value is -1.35. The molecule has 0 bridgehead atoms. The van der Waals surface area contributed by atoms with Crippen LogP contribution in [-0.4, -0.2) is 39.1 Å². The van der Waals surface area contributed by atoms with E-state index in [1.165, 1.54) is 5.01 Å². The molecule has 1 aromatic rings. The number of azo groups is 1. The zero-order valence-corrected chi connectivity index (χ0v) is 10.9. The maximum atomic E-state index is 11.6. The van der Waals surface area contributed by atoms with Gasteiger partial charge < -0.3 is 0 Å². The highest BCUT2D eigenvalue weighted by Crippen LogP contribution is 2.18. The van der Waals surface area contributed by atoms with Crippen LogP contribution < -0.4 is 0 Å². The molecule has 2 rings (SSSR count). The molecule has 0 fully saturated rings. The lowest BCUT2D eigenvalue weighted by Crippen LogP contribution is -2.27. The number of nitrogens with zero attached hydrogens (tertiary/aromatic N) is 6. The molecule has 0 aromatic carbocycles. The molecule has 17 heavy (non-hydrogen) atoms. The summed E-state index contributed by atoms with van der Waals surface area (Å²) < 4.78 is 4.01. The van der Waals surface area contributed by atoms with Gasteiger partial charge in [0.15, 0.2) is 11.9 Å². The number of carbonyl (C=O) groups excluding carboxylic acids is 1. The minimum absolute atomic E-state index is 0.190. The molecule has 0 spiro atoms. The van der Waals surface area contributed by atoms with Crippen molar-refractivity contribution in [3.8, 4) is 0 Å². The molecule has 7 nitrogen and oxygen atoms in total. The molecule has 0 N–H and O–H groups in total. The van der Waals surface area contributed by atoms with Crippen LogP contribution in [0.1, 0.15) is 12.7 Å². The number of likely N-dealkylation sites (N-methyl/N-ethyl adjacent to an activating group) is 1. The van der Waals surface area contributed by atoms with E-state index in [-0.39, 0.29) is 5.91 Å². The number of hydrogen-bond acceptors (Lipinski definition) is 8. The third-order valence-electron chi connectivity index (χ3n) is 2.11. The first-order valence-electron chi connectivity index (χ1n) is 4.79. The molecule has 0 saturated carbocycles. The van der Waals surface area contributed by atoms with Gasteiger partial charge in [-0.25, -0.2) is 5.01 Å². The first-order chi connectivity index (χ1) is 8.11. The average Bonchev–Trinajstić information content (AvgIpc) is 2.84. The molecule has 9 heteroatoms. The Balaban J connectivity index is 2.11. The summed E-state index contributed by atoms with van der Waals surface area (Å²) >= 11 is 5.17. The SMILES string of the molecule is CC1=NN(C)C(=O)C1N=Nc1nc(CS)ns1. The van der Waals surface area contributed by atoms with E-state index < -0.39 is 6.04 Å². The van der Waals surface area contributed by atoms with E-state index in [0.29, 0.717) is 22.4 Å². The highest BCUT2D eigenvalue weighted by atomic mass is 32.1. The summed E-state index contributed by atoms with van der Waals surface area (Å²) in [6, 6.07) is -0.636. The van der Waals surface area contributed by atoms with Gasteiger partial charge in [-0.2, -0.15) is 32.2 Å². The van der Waals surface area contributed by atoms with E-state index >= 15 is 0 Å². The maximum absolute atomic E-state index is 11.6. The fraction of sp³-hybridized carbons (Fsp3) is 0.500. The van der Waals surface area contributed by atoms with Crippen molar-refractivity contribution in [3.05, 3.63) is 5.82 Å². The topological polar surface area (TPSA) is 83.2 Å². The molecule has 1 unspecified atom stereocenters. The minimum atomic E-state index is -0.636. The van der Waals surface area contributed by atoms with Gasteiger partial charge in [0.1, 0.15) is 0 Å². The fourth-order valence-electron chi connectivity index (χ4n) is 1.29. The van der Waals surface area contributed by atoms with Crippen molar-refractivity contribution < 1.29 is 4.79 Å². The first kappa shape index (κ1) is 12.1. The molecular weight excluding hydrogens is 260 g/mol. The number of thiol groups is 1. The van der Waals surface area contributed by atoms with Gasteiger partial charge in [0.2, 0.25) is 5.13 Å². The molecule has 0 saturated heterocycles. The molecule has 0 radical (unpaired) electrons. The van der Waals surface area contributed by atoms with Crippen molar-refractivity contribution in [2.75, 3.05) is 7.05 Å². The lowest BCUT2D eigenvalue weighted by Gasteiger charge is -2.02. The predicted octanol–water partition coefficient (Wildman–Crippen LogP) is 1.27. The van der Waals surface area contributed by atoms with E-state index in [0.717, 1.165) is 11.5 Å². The quantitative estimate of drug-likeness (QED) is 0.663. The second-order valence-electron chi connectivity index (χ2n) is 3.37. The molecule has 1 atom stereocenters. The Bertz CT molecular complexity index is 496. The van der Waals surface area contributed by atoms with Crippen molar-refractivity contribution in [2.45, 2.75) is 18.7 Å². The normalized spacial score (nSPS) is 20.4. The zero-order valence-electron chi connectivity index (χ0n) is 9.23. The molecule has 2 heterocycles. The summed E-state index contributed by atoms with van der Waals surface area (Å²) in [5, 5.41) is 13.5. The molecule has 1 amide bonds. The summed E-state index contributed by atoms with van der Waals surface area (Å²) in [5.74, 6) is 0.871. The summed E-state index contributed by atoms with van der Waals surface area (Å²) in [5.41, 5.74) is 0.625. The van der Waals surface area contributed by atoms with Gasteiger partial charge in [0.25, 0.3) is 5.91 Å². The van der Waals surface area contributed by atoms with Crippen LogP contribution in [0.25, 0.3) is 0 Å². The van der Waals surface area contributed by atoms with Crippen LogP contribution in [0.4, 0.5) is 5.13 Å². The zero-order chi connectivity index (χ0) is 12.4. The van der Waals surface area contributed by atoms with E-state index in [1.54, 1.807) is 14.0 Å². The number of amides is 1. The van der Waals surface area contributed by atoms with Crippen LogP contribution in [0.2, 0.25) is 0 Å². The molecule has 1 aliphatic heterocycles. The number of carbonyl (C=O) groups is 1. The van der Waals surface area contributed by atoms with Crippen molar-refractivity contribution in [2.24, 2.45) is 15.3 Å². The van der Waals surface area contributed by atoms with Crippen LogP contribution in [0.15, 0.2) is 15.3 Å². The summed E-state index contributed by atoms with van der Waals surface area (Å²) in [6.45, 7) is 1.74. The predicted molar refractivity (Wildman–Crippen MR) is 66.8 cm³/mol. The van der Waals surface area contributed by atoms with Crippen LogP contribution in [-0.2, 0) is 10.5 Å². The van der Waals surface area contributed by atoms with Gasteiger partial charge in [-0.1, -0.05) is 0 Å². The lowest BCUT2D eigenvalue weighted by atomic mass is 10.2. The smallest absolute Gasteiger partial charge is 0.270 e. The average molecular weight is 270 g/mol. The van der Waals surface area contributed by atoms with Gasteiger partial charge in [-0.15, -0.1) is 5.11 Å². The Kier molecular flexibility index (Phi) is 3.48. The molecule has 1 aliphatic rings. The van der Waals surface area contributed by atoms with Gasteiger partial charge in [-0.3, -0.25) is 4.79 Å². The van der Waals surface area contributed by atoms with Gasteiger partial charge in [-0.05, 0) is 6.92 Å². The van der Waals surface area contributed by atoms with E-state index in [2.05, 4.69) is 37.3 Å². The third kappa shape index (κ3) is 2.50. The van der Waals surface area contributed by atoms with E-state index in [4.69, 9.17) is 0 Å². The van der Waals surface area contributed by atoms with Gasteiger partial charge in [0.05, 0.1) is 11.5 Å². The summed E-state index contributed by atoms with van der Waals surface area (Å²) in [7, 11) is 1.59. The van der Waals surface area contributed by atoms with Crippen LogP contribution >= 0.6 is 24.2 Å². The molecule has 0 aliphatic carbocycles. The minimum Gasteiger partial charge on any atom is -0.270 e. The second kappa shape index (κ2) is 4.88. The summed E-state index contributed by atoms with van der Waals surface area (Å²) in [4.78, 5) is 15.7. The molecular formula is C8H10N6OS2. The highest BCUT2D eigenvalue weighted by molar-refractivity contribution is 7.79. The Labute approximate surface area is 107 Å². The maximum Gasteiger partial charge on any atom is 0.275 e. The van der Waals surface area contributed by atoms with Crippen molar-refractivity contribution in [1.82, 2.24) is 14.4 Å². The second-order valence-corrected chi connectivity index (χ2v) is 4.42. The van der Waals surface area contributed by atoms with Crippen molar-refractivity contribution >= 4 is 40.9 Å². The number of hydrazone groups is 1. The van der Waals surface area contributed by atoms with Crippen molar-refractivity contribution in [1.29, 1.82) is 0 Å². The third-order valence-corrected chi connectivity index (χ3v) is 3.03. The lowest BCUT2D eigenvalue weighted by molar-refractivity contribution is -0.128. The van der Waals surface area contributed by atoms with Crippen LogP contribution in [0.5, 0.6) is 0 Å². The number of hydrogen-bond donors (Lipinski definition) is 1. The largest absolute Gasteiger partial charge is 0.275 e. The van der Waals surface area contributed by atoms with E-state index in [9.17, 15) is 4.79 Å². The summed E-state index contributed by atoms with van der Waals surface area (Å²) in [6.07, 6.45) is 0. The molecule has 90 valence electrons. The standard InChI is InChI=1S/C8H10N6OS2/c1-4-6(7(15)14(2)12-4)10-11-8-9-5(3-16)13-17-8/h6,16H,3H2,1-2H3. The highest BCUT2D eigenvalue weighted by Gasteiger charge is 2.31. The number of rotatable bonds is 3. The Morgan fingerprint density at radius 1 is 1.59 bits per heavy atom. The van der Waals surface area contributed by atoms with Gasteiger partial charge >= 0.3 is 0 Å². The fourth-order valence-corrected chi connectivity index (χ4v) is 2.05. The Morgan fingerprint density at radius 3 is 2.88 bits per heavy atom. The monoisotopic (exact) mass is 270 g/mol. The first-order valence-corrected chi connectivity index (χ1v) is 6.19.